The number of aliphatic hydroxyl groups is 1. The zero-order valence-corrected chi connectivity index (χ0v) is 13.2. The molecule has 0 radical (unpaired) electrons. The van der Waals surface area contributed by atoms with Crippen LogP contribution < -0.4 is 5.32 Å². The van der Waals surface area contributed by atoms with Crippen LogP contribution in [0.4, 0.5) is 0 Å². The van der Waals surface area contributed by atoms with Gasteiger partial charge in [-0.2, -0.15) is 0 Å². The molecular formula is C11H10Cl2INO4. The fourth-order valence-electron chi connectivity index (χ4n) is 1.34. The normalized spacial score (nSPS) is 12.0. The highest BCUT2D eigenvalue weighted by Gasteiger charge is 2.22. The van der Waals surface area contributed by atoms with Crippen molar-refractivity contribution in [2.24, 2.45) is 0 Å². The molecule has 5 nitrogen and oxygen atoms in total. The van der Waals surface area contributed by atoms with Crippen LogP contribution in [0.25, 0.3) is 0 Å². The molecule has 8 heteroatoms. The predicted octanol–water partition coefficient (Wildman–Crippen LogP) is 2.16. The molecule has 0 saturated heterocycles. The van der Waals surface area contributed by atoms with Gasteiger partial charge in [0.2, 0.25) is 0 Å². The smallest absolute Gasteiger partial charge is 0.326 e. The summed E-state index contributed by atoms with van der Waals surface area (Å²) < 4.78 is 0.481. The van der Waals surface area contributed by atoms with E-state index in [1.165, 1.54) is 12.1 Å². The summed E-state index contributed by atoms with van der Waals surface area (Å²) in [5.41, 5.74) is 0.197. The highest BCUT2D eigenvalue weighted by Crippen LogP contribution is 2.26. The number of carboxylic acids is 1. The number of amides is 1. The van der Waals surface area contributed by atoms with E-state index in [0.29, 0.717) is 8.59 Å². The van der Waals surface area contributed by atoms with E-state index in [9.17, 15) is 9.59 Å². The molecule has 0 unspecified atom stereocenters. The molecule has 0 saturated carbocycles. The van der Waals surface area contributed by atoms with Crippen molar-refractivity contribution in [3.05, 3.63) is 31.3 Å². The number of aliphatic carboxylic acids is 1. The molecule has 0 spiro atoms. The molecule has 1 amide bonds. The summed E-state index contributed by atoms with van der Waals surface area (Å²) in [5.74, 6) is -1.82. The van der Waals surface area contributed by atoms with Gasteiger partial charge in [0.25, 0.3) is 5.91 Å². The first-order valence-electron chi connectivity index (χ1n) is 5.16. The molecule has 0 aliphatic carbocycles. The lowest BCUT2D eigenvalue weighted by atomic mass is 10.1. The van der Waals surface area contributed by atoms with Crippen LogP contribution in [0.15, 0.2) is 12.1 Å². The van der Waals surface area contributed by atoms with Crippen molar-refractivity contribution in [1.82, 2.24) is 5.32 Å². The maximum Gasteiger partial charge on any atom is 0.326 e. The lowest BCUT2D eigenvalue weighted by Gasteiger charge is -2.14. The summed E-state index contributed by atoms with van der Waals surface area (Å²) in [4.78, 5) is 22.9. The van der Waals surface area contributed by atoms with Crippen LogP contribution in [0, 0.1) is 3.57 Å². The van der Waals surface area contributed by atoms with E-state index in [0.717, 1.165) is 0 Å². The highest BCUT2D eigenvalue weighted by atomic mass is 127. The molecular weight excluding hydrogens is 408 g/mol. The largest absolute Gasteiger partial charge is 0.480 e. The summed E-state index contributed by atoms with van der Waals surface area (Å²) in [6.07, 6.45) is -0.0774. The van der Waals surface area contributed by atoms with Crippen molar-refractivity contribution < 1.29 is 19.8 Å². The molecule has 1 aromatic carbocycles. The zero-order chi connectivity index (χ0) is 14.6. The standard InChI is InChI=1S/C11H10Cl2INO4/c12-5-3-6(9(14)7(13)4-5)10(17)15-8(1-2-16)11(18)19/h3-4,8,16H,1-2H2,(H,15,17)(H,18,19)/t8-/m0/s1. The van der Waals surface area contributed by atoms with Gasteiger partial charge in [-0.25, -0.2) is 4.79 Å². The number of benzene rings is 1. The van der Waals surface area contributed by atoms with Crippen molar-refractivity contribution in [2.75, 3.05) is 6.61 Å². The summed E-state index contributed by atoms with van der Waals surface area (Å²) in [5, 5.41) is 20.6. The number of rotatable bonds is 5. The third-order valence-electron chi connectivity index (χ3n) is 2.26. The maximum atomic E-state index is 12.0. The summed E-state index contributed by atoms with van der Waals surface area (Å²) in [6, 6.07) is 1.73. The fraction of sp³-hybridized carbons (Fsp3) is 0.273. The maximum absolute atomic E-state index is 12.0. The van der Waals surface area contributed by atoms with E-state index in [-0.39, 0.29) is 23.6 Å². The molecule has 1 rings (SSSR count). The second-order valence-electron chi connectivity index (χ2n) is 3.63. The van der Waals surface area contributed by atoms with Gasteiger partial charge in [-0.05, 0) is 34.7 Å². The minimum absolute atomic E-state index is 0.0774. The SMILES string of the molecule is O=C(N[C@@H](CCO)C(=O)O)c1cc(Cl)cc(Cl)c1I. The number of carbonyl (C=O) groups is 2. The molecule has 3 N–H and O–H groups in total. The minimum Gasteiger partial charge on any atom is -0.480 e. The van der Waals surface area contributed by atoms with Gasteiger partial charge in [-0.3, -0.25) is 4.79 Å². The van der Waals surface area contributed by atoms with Crippen molar-refractivity contribution in [2.45, 2.75) is 12.5 Å². The third-order valence-corrected chi connectivity index (χ3v) is 4.26. The molecule has 0 bridgehead atoms. The van der Waals surface area contributed by atoms with E-state index < -0.39 is 17.9 Å². The van der Waals surface area contributed by atoms with Crippen LogP contribution in [0.2, 0.25) is 10.0 Å². The van der Waals surface area contributed by atoms with Crippen molar-refractivity contribution in [3.8, 4) is 0 Å². The quantitative estimate of drug-likeness (QED) is 0.506. The summed E-state index contributed by atoms with van der Waals surface area (Å²) in [7, 11) is 0. The molecule has 19 heavy (non-hydrogen) atoms. The Bertz CT molecular complexity index is 510. The van der Waals surface area contributed by atoms with Crippen molar-refractivity contribution >= 4 is 57.7 Å². The van der Waals surface area contributed by atoms with Crippen LogP contribution >= 0.6 is 45.8 Å². The fourth-order valence-corrected chi connectivity index (χ4v) is 2.39. The molecule has 0 fully saturated rings. The highest BCUT2D eigenvalue weighted by molar-refractivity contribution is 14.1. The Balaban J connectivity index is 2.97. The van der Waals surface area contributed by atoms with Gasteiger partial charge < -0.3 is 15.5 Å². The van der Waals surface area contributed by atoms with Crippen LogP contribution in [-0.4, -0.2) is 34.7 Å². The predicted molar refractivity (Wildman–Crippen MR) is 79.8 cm³/mol. The van der Waals surface area contributed by atoms with Crippen LogP contribution in [-0.2, 0) is 4.79 Å². The molecule has 0 aliphatic heterocycles. The average Bonchev–Trinajstić information content (AvgIpc) is 2.32. The second kappa shape index (κ2) is 7.28. The van der Waals surface area contributed by atoms with Gasteiger partial charge in [0, 0.05) is 21.6 Å². The van der Waals surface area contributed by atoms with E-state index in [2.05, 4.69) is 5.32 Å². The topological polar surface area (TPSA) is 86.6 Å². The van der Waals surface area contributed by atoms with E-state index in [4.69, 9.17) is 33.4 Å². The van der Waals surface area contributed by atoms with Crippen LogP contribution in [0.3, 0.4) is 0 Å². The molecule has 0 aliphatic rings. The molecule has 1 atom stereocenters. The van der Waals surface area contributed by atoms with Gasteiger partial charge >= 0.3 is 5.97 Å². The number of hydrogen-bond donors (Lipinski definition) is 3. The van der Waals surface area contributed by atoms with Crippen molar-refractivity contribution in [1.29, 1.82) is 0 Å². The van der Waals surface area contributed by atoms with Gasteiger partial charge in [0.15, 0.2) is 0 Å². The van der Waals surface area contributed by atoms with Gasteiger partial charge in [0.1, 0.15) is 6.04 Å². The van der Waals surface area contributed by atoms with E-state index >= 15 is 0 Å². The number of halogens is 3. The zero-order valence-electron chi connectivity index (χ0n) is 9.49. The molecule has 0 aromatic heterocycles. The Morgan fingerprint density at radius 3 is 2.53 bits per heavy atom. The molecule has 104 valence electrons. The van der Waals surface area contributed by atoms with Crippen molar-refractivity contribution in [3.63, 3.8) is 0 Å². The number of nitrogens with one attached hydrogen (secondary N) is 1. The third kappa shape index (κ3) is 4.48. The first-order valence-corrected chi connectivity index (χ1v) is 6.99. The minimum atomic E-state index is -1.22. The van der Waals surface area contributed by atoms with Gasteiger partial charge in [-0.15, -0.1) is 0 Å². The molecule has 0 heterocycles. The lowest BCUT2D eigenvalue weighted by Crippen LogP contribution is -2.41. The average molecular weight is 418 g/mol. The van der Waals surface area contributed by atoms with E-state index in [1.54, 1.807) is 0 Å². The number of carbonyl (C=O) groups excluding carboxylic acids is 1. The van der Waals surface area contributed by atoms with E-state index in [1.807, 2.05) is 22.6 Å². The first kappa shape index (κ1) is 16.5. The molecule has 1 aromatic rings. The second-order valence-corrected chi connectivity index (χ2v) is 5.55. The van der Waals surface area contributed by atoms with Gasteiger partial charge in [0.05, 0.1) is 10.6 Å². The van der Waals surface area contributed by atoms with Crippen LogP contribution in [0.5, 0.6) is 0 Å². The lowest BCUT2D eigenvalue weighted by molar-refractivity contribution is -0.139. The Labute approximate surface area is 133 Å². The Morgan fingerprint density at radius 2 is 2.00 bits per heavy atom. The van der Waals surface area contributed by atoms with Gasteiger partial charge in [-0.1, -0.05) is 23.2 Å². The number of aliphatic hydroxyl groups excluding tert-OH is 1. The summed E-state index contributed by atoms with van der Waals surface area (Å²) in [6.45, 7) is -0.343. The number of carboxylic acid groups (broad SMARTS) is 1. The van der Waals surface area contributed by atoms with Crippen LogP contribution in [0.1, 0.15) is 16.8 Å². The Hall–Kier alpha value is -0.570. The Morgan fingerprint density at radius 1 is 1.37 bits per heavy atom. The summed E-state index contributed by atoms with van der Waals surface area (Å²) >= 11 is 13.6. The Kier molecular flexibility index (Phi) is 6.31. The first-order chi connectivity index (χ1) is 8.86. The monoisotopic (exact) mass is 417 g/mol. The number of hydrogen-bond acceptors (Lipinski definition) is 3.